The van der Waals surface area contributed by atoms with Crippen LogP contribution in [-0.4, -0.2) is 27.6 Å². The summed E-state index contributed by atoms with van der Waals surface area (Å²) in [6, 6.07) is 3.79. The number of furan rings is 1. The zero-order valence-electron chi connectivity index (χ0n) is 12.2. The van der Waals surface area contributed by atoms with Crippen LogP contribution in [0.15, 0.2) is 16.5 Å². The van der Waals surface area contributed by atoms with E-state index in [4.69, 9.17) is 9.15 Å². The molecular weight excluding hydrogens is 258 g/mol. The highest BCUT2D eigenvalue weighted by Gasteiger charge is 2.23. The van der Waals surface area contributed by atoms with Crippen molar-refractivity contribution in [1.29, 1.82) is 0 Å². The molecule has 6 heteroatoms. The van der Waals surface area contributed by atoms with Gasteiger partial charge in [0.15, 0.2) is 5.69 Å². The first kappa shape index (κ1) is 14.3. The minimum atomic E-state index is -0.432. The van der Waals surface area contributed by atoms with Crippen LogP contribution in [-0.2, 0) is 11.3 Å². The zero-order valence-corrected chi connectivity index (χ0v) is 12.2. The van der Waals surface area contributed by atoms with E-state index in [0.29, 0.717) is 13.2 Å². The number of ether oxygens (including phenoxy) is 1. The lowest BCUT2D eigenvalue weighted by molar-refractivity contribution is 0.0517. The molecule has 2 aromatic rings. The van der Waals surface area contributed by atoms with Gasteiger partial charge in [-0.05, 0) is 31.9 Å². The van der Waals surface area contributed by atoms with Crippen molar-refractivity contribution < 1.29 is 13.9 Å². The number of hydrogen-bond donors (Lipinski definition) is 0. The summed E-state index contributed by atoms with van der Waals surface area (Å²) >= 11 is 0. The average molecular weight is 277 g/mol. The Labute approximate surface area is 117 Å². The van der Waals surface area contributed by atoms with Gasteiger partial charge in [-0.25, -0.2) is 9.48 Å². The van der Waals surface area contributed by atoms with Crippen molar-refractivity contribution in [3.8, 4) is 0 Å². The summed E-state index contributed by atoms with van der Waals surface area (Å²) in [5.74, 6) is 1.31. The van der Waals surface area contributed by atoms with Gasteiger partial charge in [-0.2, -0.15) is 0 Å². The van der Waals surface area contributed by atoms with E-state index in [2.05, 4.69) is 10.3 Å². The third-order valence-corrected chi connectivity index (χ3v) is 2.89. The van der Waals surface area contributed by atoms with Gasteiger partial charge in [-0.3, -0.25) is 0 Å². The van der Waals surface area contributed by atoms with Gasteiger partial charge in [0.1, 0.15) is 18.1 Å². The molecule has 0 aromatic carbocycles. The molecule has 0 bridgehead atoms. The van der Waals surface area contributed by atoms with Crippen LogP contribution in [0.4, 0.5) is 0 Å². The minimum Gasteiger partial charge on any atom is -0.464 e. The molecule has 6 nitrogen and oxygen atoms in total. The molecule has 20 heavy (non-hydrogen) atoms. The Morgan fingerprint density at radius 3 is 2.75 bits per heavy atom. The quantitative estimate of drug-likeness (QED) is 0.785. The molecule has 2 aromatic heterocycles. The Morgan fingerprint density at radius 1 is 1.45 bits per heavy atom. The Morgan fingerprint density at radius 2 is 2.20 bits per heavy atom. The molecule has 0 N–H and O–H groups in total. The van der Waals surface area contributed by atoms with E-state index < -0.39 is 5.97 Å². The summed E-state index contributed by atoms with van der Waals surface area (Å²) in [4.78, 5) is 11.9. The van der Waals surface area contributed by atoms with Gasteiger partial charge in [0.05, 0.1) is 12.3 Å². The predicted molar refractivity (Wildman–Crippen MR) is 72.6 cm³/mol. The second kappa shape index (κ2) is 5.90. The highest BCUT2D eigenvalue weighted by Crippen LogP contribution is 2.20. The smallest absolute Gasteiger partial charge is 0.360 e. The highest BCUT2D eigenvalue weighted by molar-refractivity contribution is 5.88. The normalized spacial score (nSPS) is 11.1. The lowest BCUT2D eigenvalue weighted by Gasteiger charge is -2.09. The fourth-order valence-corrected chi connectivity index (χ4v) is 2.07. The highest BCUT2D eigenvalue weighted by atomic mass is 16.5. The van der Waals surface area contributed by atoms with Crippen LogP contribution in [0.3, 0.4) is 0 Å². The molecule has 0 aliphatic rings. The molecule has 2 heterocycles. The fraction of sp³-hybridized carbons (Fsp3) is 0.500. The molecule has 0 aliphatic carbocycles. The molecule has 0 unspecified atom stereocenters. The topological polar surface area (TPSA) is 70.2 Å². The maximum Gasteiger partial charge on any atom is 0.360 e. The van der Waals surface area contributed by atoms with Crippen LogP contribution < -0.4 is 0 Å². The average Bonchev–Trinajstić information content (AvgIpc) is 2.96. The molecule has 108 valence electrons. The summed E-state index contributed by atoms with van der Waals surface area (Å²) < 4.78 is 12.2. The Kier molecular flexibility index (Phi) is 4.22. The summed E-state index contributed by atoms with van der Waals surface area (Å²) in [5, 5.41) is 8.01. The van der Waals surface area contributed by atoms with E-state index >= 15 is 0 Å². The van der Waals surface area contributed by atoms with Crippen LogP contribution in [0.25, 0.3) is 0 Å². The van der Waals surface area contributed by atoms with Gasteiger partial charge in [0.25, 0.3) is 0 Å². The van der Waals surface area contributed by atoms with E-state index in [1.54, 1.807) is 11.6 Å². The van der Waals surface area contributed by atoms with Crippen molar-refractivity contribution >= 4 is 5.97 Å². The van der Waals surface area contributed by atoms with Crippen molar-refractivity contribution in [2.24, 2.45) is 0 Å². The van der Waals surface area contributed by atoms with Crippen molar-refractivity contribution in [2.45, 2.75) is 40.2 Å². The van der Waals surface area contributed by atoms with E-state index in [1.165, 1.54) is 0 Å². The van der Waals surface area contributed by atoms with Crippen LogP contribution in [0.2, 0.25) is 0 Å². The lowest BCUT2D eigenvalue weighted by atomic mass is 10.1. The maximum atomic E-state index is 11.9. The number of rotatable bonds is 5. The number of aryl methyl sites for hydroxylation is 1. The largest absolute Gasteiger partial charge is 0.464 e. The molecule has 0 spiro atoms. The first-order valence-electron chi connectivity index (χ1n) is 6.68. The fourth-order valence-electron chi connectivity index (χ4n) is 2.07. The summed E-state index contributed by atoms with van der Waals surface area (Å²) in [6.45, 7) is 8.41. The van der Waals surface area contributed by atoms with Crippen molar-refractivity contribution in [3.05, 3.63) is 35.0 Å². The second-order valence-electron chi connectivity index (χ2n) is 4.87. The number of aromatic nitrogens is 3. The van der Waals surface area contributed by atoms with Crippen molar-refractivity contribution in [2.75, 3.05) is 6.61 Å². The third kappa shape index (κ3) is 2.89. The third-order valence-electron chi connectivity index (χ3n) is 2.89. The van der Waals surface area contributed by atoms with Crippen LogP contribution in [0.1, 0.15) is 54.4 Å². The molecule has 0 aliphatic heterocycles. The molecule has 2 rings (SSSR count). The van der Waals surface area contributed by atoms with Crippen LogP contribution >= 0.6 is 0 Å². The maximum absolute atomic E-state index is 11.9. The monoisotopic (exact) mass is 277 g/mol. The summed E-state index contributed by atoms with van der Waals surface area (Å²) in [7, 11) is 0. The molecule has 0 saturated carbocycles. The first-order chi connectivity index (χ1) is 9.52. The number of nitrogens with zero attached hydrogens (tertiary/aromatic N) is 3. The molecule has 0 radical (unpaired) electrons. The van der Waals surface area contributed by atoms with E-state index in [0.717, 1.165) is 17.2 Å². The number of esters is 1. The van der Waals surface area contributed by atoms with E-state index in [-0.39, 0.29) is 11.6 Å². The Hall–Kier alpha value is -2.11. The van der Waals surface area contributed by atoms with Gasteiger partial charge in [0.2, 0.25) is 0 Å². The van der Waals surface area contributed by atoms with Crippen molar-refractivity contribution in [1.82, 2.24) is 15.0 Å². The van der Waals surface area contributed by atoms with E-state index in [9.17, 15) is 4.79 Å². The van der Waals surface area contributed by atoms with E-state index in [1.807, 2.05) is 32.9 Å². The van der Waals surface area contributed by atoms with Gasteiger partial charge >= 0.3 is 5.97 Å². The van der Waals surface area contributed by atoms with Gasteiger partial charge < -0.3 is 9.15 Å². The Bertz CT molecular complexity index is 599. The molecular formula is C14H19N3O3. The lowest BCUT2D eigenvalue weighted by Crippen LogP contribution is -2.12. The number of carbonyl (C=O) groups is 1. The van der Waals surface area contributed by atoms with Crippen LogP contribution in [0.5, 0.6) is 0 Å². The minimum absolute atomic E-state index is 0.112. The number of hydrogen-bond acceptors (Lipinski definition) is 5. The van der Waals surface area contributed by atoms with Gasteiger partial charge in [-0.15, -0.1) is 5.10 Å². The summed E-state index contributed by atoms with van der Waals surface area (Å²) in [6.07, 6.45) is 0. The van der Waals surface area contributed by atoms with Crippen molar-refractivity contribution in [3.63, 3.8) is 0 Å². The molecule has 0 fully saturated rings. The van der Waals surface area contributed by atoms with Crippen LogP contribution in [0, 0.1) is 6.92 Å². The second-order valence-corrected chi connectivity index (χ2v) is 4.87. The molecule has 0 amide bonds. The standard InChI is InChI=1S/C14H19N3O3/c1-5-19-14(18)12-13(9(2)3)17(16-15-12)8-11-7-6-10(4)20-11/h6-7,9H,5,8H2,1-4H3. The molecule has 0 atom stereocenters. The first-order valence-corrected chi connectivity index (χ1v) is 6.68. The SMILES string of the molecule is CCOC(=O)c1nnn(Cc2ccc(C)o2)c1C(C)C. The van der Waals surface area contributed by atoms with Gasteiger partial charge in [0, 0.05) is 0 Å². The number of carbonyl (C=O) groups excluding carboxylic acids is 1. The molecule has 0 saturated heterocycles. The zero-order chi connectivity index (χ0) is 14.7. The predicted octanol–water partition coefficient (Wildman–Crippen LogP) is 2.53. The van der Waals surface area contributed by atoms with Gasteiger partial charge in [-0.1, -0.05) is 19.1 Å². The summed E-state index contributed by atoms with van der Waals surface area (Å²) in [5.41, 5.74) is 1.04. The Balaban J connectivity index is 2.31.